The molecule has 0 unspecified atom stereocenters. The van der Waals surface area contributed by atoms with Gasteiger partial charge in [0.1, 0.15) is 5.75 Å². The lowest BCUT2D eigenvalue weighted by Gasteiger charge is -2.06. The topological polar surface area (TPSA) is 66.4 Å². The Balaban J connectivity index is 2.01. The van der Waals surface area contributed by atoms with E-state index in [4.69, 9.17) is 11.6 Å². The predicted molar refractivity (Wildman–Crippen MR) is 76.2 cm³/mol. The molecule has 0 aliphatic carbocycles. The van der Waals surface area contributed by atoms with Crippen LogP contribution in [0.5, 0.6) is 5.75 Å². The third-order valence-electron chi connectivity index (χ3n) is 2.70. The van der Waals surface area contributed by atoms with E-state index in [1.54, 1.807) is 30.3 Å². The van der Waals surface area contributed by atoms with Gasteiger partial charge in [-0.05, 0) is 24.3 Å². The van der Waals surface area contributed by atoms with Gasteiger partial charge in [-0.2, -0.15) is 0 Å². The van der Waals surface area contributed by atoms with E-state index in [9.17, 15) is 14.7 Å². The van der Waals surface area contributed by atoms with Crippen molar-refractivity contribution in [1.82, 2.24) is 5.32 Å². The Labute approximate surface area is 121 Å². The molecular weight excluding hydrogens is 278 g/mol. The first kappa shape index (κ1) is 14.1. The quantitative estimate of drug-likeness (QED) is 0.850. The van der Waals surface area contributed by atoms with Crippen molar-refractivity contribution in [2.24, 2.45) is 0 Å². The summed E-state index contributed by atoms with van der Waals surface area (Å²) in [5.74, 6) is -0.880. The molecule has 0 aliphatic heterocycles. The highest BCUT2D eigenvalue weighted by atomic mass is 35.5. The molecule has 2 aromatic rings. The highest BCUT2D eigenvalue weighted by Crippen LogP contribution is 2.15. The zero-order valence-electron chi connectivity index (χ0n) is 10.5. The minimum Gasteiger partial charge on any atom is -0.507 e. The molecule has 5 heteroatoms. The average molecular weight is 290 g/mol. The SMILES string of the molecule is O=C(CNC(=O)c1ccccc1O)c1cccc(Cl)c1. The van der Waals surface area contributed by atoms with Gasteiger partial charge in [0.15, 0.2) is 5.78 Å². The van der Waals surface area contributed by atoms with Crippen LogP contribution in [0.15, 0.2) is 48.5 Å². The number of carbonyl (C=O) groups excluding carboxylic acids is 2. The van der Waals surface area contributed by atoms with Gasteiger partial charge in [0, 0.05) is 10.6 Å². The number of para-hydroxylation sites is 1. The Hall–Kier alpha value is -2.33. The van der Waals surface area contributed by atoms with Gasteiger partial charge in [0.05, 0.1) is 12.1 Å². The largest absolute Gasteiger partial charge is 0.507 e. The first-order chi connectivity index (χ1) is 9.58. The van der Waals surface area contributed by atoms with E-state index in [1.807, 2.05) is 0 Å². The molecule has 0 spiro atoms. The van der Waals surface area contributed by atoms with E-state index >= 15 is 0 Å². The molecule has 0 fully saturated rings. The van der Waals surface area contributed by atoms with Gasteiger partial charge in [0.25, 0.3) is 5.91 Å². The normalized spacial score (nSPS) is 10.1. The summed E-state index contributed by atoms with van der Waals surface area (Å²) < 4.78 is 0. The Morgan fingerprint density at radius 2 is 1.85 bits per heavy atom. The number of Topliss-reactive ketones (excluding diaryl/α,β-unsaturated/α-hetero) is 1. The summed E-state index contributed by atoms with van der Waals surface area (Å²) in [6, 6.07) is 12.6. The van der Waals surface area contributed by atoms with Crippen LogP contribution >= 0.6 is 11.6 Å². The summed E-state index contributed by atoms with van der Waals surface area (Å²) in [6.07, 6.45) is 0. The first-order valence-electron chi connectivity index (χ1n) is 5.93. The van der Waals surface area contributed by atoms with Gasteiger partial charge >= 0.3 is 0 Å². The Bertz CT molecular complexity index is 655. The summed E-state index contributed by atoms with van der Waals surface area (Å²) in [4.78, 5) is 23.7. The van der Waals surface area contributed by atoms with Crippen molar-refractivity contribution in [1.29, 1.82) is 0 Å². The second-order valence-electron chi connectivity index (χ2n) is 4.13. The summed E-state index contributed by atoms with van der Waals surface area (Å²) in [6.45, 7) is -0.159. The van der Waals surface area contributed by atoms with Gasteiger partial charge in [0.2, 0.25) is 0 Å². The second kappa shape index (κ2) is 6.21. The van der Waals surface area contributed by atoms with Gasteiger partial charge in [-0.3, -0.25) is 9.59 Å². The molecule has 2 rings (SSSR count). The van der Waals surface area contributed by atoms with E-state index < -0.39 is 5.91 Å². The van der Waals surface area contributed by atoms with Gasteiger partial charge in [-0.1, -0.05) is 35.9 Å². The van der Waals surface area contributed by atoms with Crippen LogP contribution in [-0.2, 0) is 0 Å². The lowest BCUT2D eigenvalue weighted by molar-refractivity contribution is 0.0902. The van der Waals surface area contributed by atoms with E-state index in [2.05, 4.69) is 5.32 Å². The average Bonchev–Trinajstić information content (AvgIpc) is 2.45. The molecule has 0 atom stereocenters. The number of benzene rings is 2. The number of phenolic OH excluding ortho intramolecular Hbond substituents is 1. The standard InChI is InChI=1S/C15H12ClNO3/c16-11-5-3-4-10(8-11)14(19)9-17-15(20)12-6-1-2-7-13(12)18/h1-8,18H,9H2,(H,17,20). The van der Waals surface area contributed by atoms with Crippen LogP contribution in [0.3, 0.4) is 0 Å². The number of nitrogens with one attached hydrogen (secondary N) is 1. The molecule has 0 aromatic heterocycles. The number of halogens is 1. The fraction of sp³-hybridized carbons (Fsp3) is 0.0667. The number of amides is 1. The van der Waals surface area contributed by atoms with Crippen molar-refractivity contribution < 1.29 is 14.7 Å². The maximum Gasteiger partial charge on any atom is 0.255 e. The number of phenols is 1. The Kier molecular flexibility index (Phi) is 4.38. The third-order valence-corrected chi connectivity index (χ3v) is 2.94. The summed E-state index contributed by atoms with van der Waals surface area (Å²) in [5, 5.41) is 12.5. The van der Waals surface area contributed by atoms with Crippen LogP contribution in [0.2, 0.25) is 5.02 Å². The highest BCUT2D eigenvalue weighted by Gasteiger charge is 2.12. The molecule has 0 radical (unpaired) electrons. The number of hydrogen-bond acceptors (Lipinski definition) is 3. The third kappa shape index (κ3) is 3.36. The lowest BCUT2D eigenvalue weighted by Crippen LogP contribution is -2.29. The molecular formula is C15H12ClNO3. The smallest absolute Gasteiger partial charge is 0.255 e. The summed E-state index contributed by atoms with van der Waals surface area (Å²) in [7, 11) is 0. The molecule has 1 amide bonds. The molecule has 0 saturated heterocycles. The zero-order valence-corrected chi connectivity index (χ0v) is 11.2. The summed E-state index contributed by atoms with van der Waals surface area (Å²) in [5.41, 5.74) is 0.557. The second-order valence-corrected chi connectivity index (χ2v) is 4.57. The van der Waals surface area contributed by atoms with Gasteiger partial charge in [-0.25, -0.2) is 0 Å². The number of ketones is 1. The van der Waals surface area contributed by atoms with Crippen molar-refractivity contribution in [3.63, 3.8) is 0 Å². The first-order valence-corrected chi connectivity index (χ1v) is 6.30. The van der Waals surface area contributed by atoms with Gasteiger partial charge in [-0.15, -0.1) is 0 Å². The molecule has 20 heavy (non-hydrogen) atoms. The highest BCUT2D eigenvalue weighted by molar-refractivity contribution is 6.31. The molecule has 0 aliphatic rings. The zero-order chi connectivity index (χ0) is 14.5. The molecule has 2 N–H and O–H groups in total. The minimum atomic E-state index is -0.501. The van der Waals surface area contributed by atoms with Gasteiger partial charge < -0.3 is 10.4 Å². The molecule has 102 valence electrons. The fourth-order valence-corrected chi connectivity index (χ4v) is 1.88. The van der Waals surface area contributed by atoms with Crippen LogP contribution in [-0.4, -0.2) is 23.3 Å². The maximum atomic E-state index is 11.9. The predicted octanol–water partition coefficient (Wildman–Crippen LogP) is 2.66. The van der Waals surface area contributed by atoms with Crippen molar-refractivity contribution in [3.8, 4) is 5.75 Å². The monoisotopic (exact) mass is 289 g/mol. The fourth-order valence-electron chi connectivity index (χ4n) is 1.69. The van der Waals surface area contributed by atoms with E-state index in [-0.39, 0.29) is 23.6 Å². The Morgan fingerprint density at radius 3 is 2.55 bits per heavy atom. The number of aromatic hydroxyl groups is 1. The Morgan fingerprint density at radius 1 is 1.10 bits per heavy atom. The van der Waals surface area contributed by atoms with Crippen LogP contribution in [0, 0.1) is 0 Å². The molecule has 4 nitrogen and oxygen atoms in total. The molecule has 0 heterocycles. The van der Waals surface area contributed by atoms with E-state index in [0.717, 1.165) is 0 Å². The van der Waals surface area contributed by atoms with Crippen molar-refractivity contribution in [2.75, 3.05) is 6.54 Å². The lowest BCUT2D eigenvalue weighted by atomic mass is 10.1. The van der Waals surface area contributed by atoms with Crippen molar-refractivity contribution >= 4 is 23.3 Å². The minimum absolute atomic E-state index is 0.125. The molecule has 0 saturated carbocycles. The van der Waals surface area contributed by atoms with Crippen molar-refractivity contribution in [3.05, 3.63) is 64.7 Å². The van der Waals surface area contributed by atoms with Crippen LogP contribution in [0.4, 0.5) is 0 Å². The number of hydrogen-bond donors (Lipinski definition) is 2. The van der Waals surface area contributed by atoms with E-state index in [0.29, 0.717) is 10.6 Å². The van der Waals surface area contributed by atoms with E-state index in [1.165, 1.54) is 18.2 Å². The number of rotatable bonds is 4. The van der Waals surface area contributed by atoms with Crippen LogP contribution < -0.4 is 5.32 Å². The van der Waals surface area contributed by atoms with Crippen LogP contribution in [0.25, 0.3) is 0 Å². The maximum absolute atomic E-state index is 11.9. The number of carbonyl (C=O) groups is 2. The molecule has 2 aromatic carbocycles. The molecule has 0 bridgehead atoms. The van der Waals surface area contributed by atoms with Crippen LogP contribution in [0.1, 0.15) is 20.7 Å². The summed E-state index contributed by atoms with van der Waals surface area (Å²) >= 11 is 5.80. The van der Waals surface area contributed by atoms with Crippen molar-refractivity contribution in [2.45, 2.75) is 0 Å².